The van der Waals surface area contributed by atoms with Crippen LogP contribution in [0.3, 0.4) is 0 Å². The molecule has 3 aliphatic carbocycles. The zero-order valence-corrected chi connectivity index (χ0v) is 11.2. The lowest BCUT2D eigenvalue weighted by atomic mass is 9.87. The molecule has 3 heteroatoms. The number of hydrazine groups is 1. The molecule has 1 saturated heterocycles. The lowest BCUT2D eigenvalue weighted by Gasteiger charge is -2.27. The molecule has 3 saturated carbocycles. The Labute approximate surface area is 110 Å². The zero-order valence-electron chi connectivity index (χ0n) is 11.2. The summed E-state index contributed by atoms with van der Waals surface area (Å²) in [6.07, 6.45) is 8.34. The van der Waals surface area contributed by atoms with Gasteiger partial charge in [0.1, 0.15) is 0 Å². The van der Waals surface area contributed by atoms with Crippen LogP contribution < -0.4 is 11.3 Å². The van der Waals surface area contributed by atoms with Crippen LogP contribution in [0.15, 0.2) is 0 Å². The highest BCUT2D eigenvalue weighted by molar-refractivity contribution is 5.15. The Balaban J connectivity index is 1.38. The van der Waals surface area contributed by atoms with Crippen LogP contribution in [0.4, 0.5) is 0 Å². The van der Waals surface area contributed by atoms with Crippen LogP contribution in [0, 0.1) is 35.5 Å². The molecule has 0 radical (unpaired) electrons. The third kappa shape index (κ3) is 1.75. The first-order chi connectivity index (χ1) is 8.88. The molecule has 0 spiro atoms. The molecule has 18 heavy (non-hydrogen) atoms. The maximum absolute atomic E-state index is 5.86. The average molecular weight is 250 g/mol. The highest BCUT2D eigenvalue weighted by Crippen LogP contribution is 2.70. The van der Waals surface area contributed by atoms with E-state index in [0.29, 0.717) is 6.04 Å². The summed E-state index contributed by atoms with van der Waals surface area (Å²) in [5.41, 5.74) is 3.17. The number of rotatable bonds is 4. The van der Waals surface area contributed by atoms with E-state index in [1.54, 1.807) is 6.42 Å². The van der Waals surface area contributed by atoms with Crippen molar-refractivity contribution in [3.05, 3.63) is 0 Å². The Hall–Kier alpha value is -0.120. The summed E-state index contributed by atoms with van der Waals surface area (Å²) < 4.78 is 5.46. The van der Waals surface area contributed by atoms with E-state index in [1.807, 2.05) is 0 Å². The SMILES string of the molecule is NNC(CC1CCOCC1)C1C2C3CCC(C3)C21. The van der Waals surface area contributed by atoms with Crippen LogP contribution in [0.25, 0.3) is 0 Å². The van der Waals surface area contributed by atoms with Gasteiger partial charge in [-0.3, -0.25) is 11.3 Å². The van der Waals surface area contributed by atoms with Crippen molar-refractivity contribution in [2.45, 2.75) is 44.6 Å². The van der Waals surface area contributed by atoms with Crippen molar-refractivity contribution in [1.29, 1.82) is 0 Å². The number of hydrogen-bond donors (Lipinski definition) is 2. The van der Waals surface area contributed by atoms with Gasteiger partial charge < -0.3 is 4.74 Å². The van der Waals surface area contributed by atoms with E-state index in [0.717, 1.165) is 48.7 Å². The fraction of sp³-hybridized carbons (Fsp3) is 1.00. The molecule has 4 rings (SSSR count). The van der Waals surface area contributed by atoms with Crippen molar-refractivity contribution >= 4 is 0 Å². The zero-order chi connectivity index (χ0) is 12.1. The second-order valence-electron chi connectivity index (χ2n) is 7.13. The maximum atomic E-state index is 5.86. The average Bonchev–Trinajstić information content (AvgIpc) is 2.84. The van der Waals surface area contributed by atoms with Gasteiger partial charge in [0.15, 0.2) is 0 Å². The predicted octanol–water partition coefficient (Wildman–Crippen LogP) is 1.93. The highest BCUT2D eigenvalue weighted by atomic mass is 16.5. The largest absolute Gasteiger partial charge is 0.381 e. The van der Waals surface area contributed by atoms with E-state index in [2.05, 4.69) is 5.43 Å². The topological polar surface area (TPSA) is 47.3 Å². The molecule has 0 amide bonds. The molecule has 1 heterocycles. The van der Waals surface area contributed by atoms with E-state index in [4.69, 9.17) is 10.6 Å². The number of ether oxygens (including phenoxy) is 1. The van der Waals surface area contributed by atoms with E-state index in [1.165, 1.54) is 32.1 Å². The standard InChI is InChI=1S/C15H26N2O/c16-17-12(7-9-3-5-18-6-4-9)15-13-10-1-2-11(8-10)14(13)15/h9-15,17H,1-8,16H2. The van der Waals surface area contributed by atoms with E-state index in [9.17, 15) is 0 Å². The maximum Gasteiger partial charge on any atom is 0.0468 e. The van der Waals surface area contributed by atoms with Crippen LogP contribution in [-0.2, 0) is 4.74 Å². The van der Waals surface area contributed by atoms with Crippen LogP contribution in [-0.4, -0.2) is 19.3 Å². The lowest BCUT2D eigenvalue weighted by molar-refractivity contribution is 0.0588. The normalized spacial score (nSPS) is 48.2. The summed E-state index contributed by atoms with van der Waals surface area (Å²) >= 11 is 0. The van der Waals surface area contributed by atoms with Gasteiger partial charge >= 0.3 is 0 Å². The summed E-state index contributed by atoms with van der Waals surface area (Å²) in [5, 5.41) is 0. The molecule has 0 aromatic carbocycles. The monoisotopic (exact) mass is 250 g/mol. The molecular formula is C15H26N2O. The Morgan fingerprint density at radius 2 is 1.72 bits per heavy atom. The van der Waals surface area contributed by atoms with Gasteiger partial charge in [-0.25, -0.2) is 0 Å². The van der Waals surface area contributed by atoms with Crippen LogP contribution in [0.1, 0.15) is 38.5 Å². The third-order valence-corrected chi connectivity index (χ3v) is 6.40. The number of nitrogens with one attached hydrogen (secondary N) is 1. The van der Waals surface area contributed by atoms with E-state index >= 15 is 0 Å². The summed E-state index contributed by atoms with van der Waals surface area (Å²) in [4.78, 5) is 0. The van der Waals surface area contributed by atoms with Gasteiger partial charge in [0.05, 0.1) is 0 Å². The first kappa shape index (κ1) is 11.7. The predicted molar refractivity (Wildman–Crippen MR) is 70.6 cm³/mol. The van der Waals surface area contributed by atoms with Crippen molar-refractivity contribution in [3.8, 4) is 0 Å². The number of fused-ring (bicyclic) bond motifs is 5. The minimum Gasteiger partial charge on any atom is -0.381 e. The fourth-order valence-corrected chi connectivity index (χ4v) is 5.61. The number of hydrogen-bond acceptors (Lipinski definition) is 3. The van der Waals surface area contributed by atoms with Crippen molar-refractivity contribution in [3.63, 3.8) is 0 Å². The Kier molecular flexibility index (Phi) is 2.90. The Morgan fingerprint density at radius 1 is 1.06 bits per heavy atom. The Morgan fingerprint density at radius 3 is 2.33 bits per heavy atom. The van der Waals surface area contributed by atoms with Gasteiger partial charge in [-0.2, -0.15) is 0 Å². The third-order valence-electron chi connectivity index (χ3n) is 6.40. The minimum absolute atomic E-state index is 0.589. The van der Waals surface area contributed by atoms with Gasteiger partial charge in [-0.1, -0.05) is 0 Å². The summed E-state index contributed by atoms with van der Waals surface area (Å²) in [6, 6.07) is 0.589. The second-order valence-corrected chi connectivity index (χ2v) is 7.13. The quantitative estimate of drug-likeness (QED) is 0.592. The first-order valence-corrected chi connectivity index (χ1v) is 7.92. The van der Waals surface area contributed by atoms with Gasteiger partial charge in [0.2, 0.25) is 0 Å². The molecule has 1 aliphatic heterocycles. The molecule has 3 nitrogen and oxygen atoms in total. The molecule has 5 unspecified atom stereocenters. The first-order valence-electron chi connectivity index (χ1n) is 7.92. The van der Waals surface area contributed by atoms with Crippen LogP contribution in [0.2, 0.25) is 0 Å². The van der Waals surface area contributed by atoms with Crippen molar-refractivity contribution in [2.24, 2.45) is 41.4 Å². The molecule has 4 aliphatic rings. The lowest BCUT2D eigenvalue weighted by Crippen LogP contribution is -2.40. The fourth-order valence-electron chi connectivity index (χ4n) is 5.61. The summed E-state index contributed by atoms with van der Waals surface area (Å²) in [6.45, 7) is 1.93. The molecule has 4 fully saturated rings. The smallest absolute Gasteiger partial charge is 0.0468 e. The molecule has 3 N–H and O–H groups in total. The number of nitrogens with two attached hydrogens (primary N) is 1. The molecule has 102 valence electrons. The summed E-state index contributed by atoms with van der Waals surface area (Å²) in [7, 11) is 0. The van der Waals surface area contributed by atoms with Crippen molar-refractivity contribution < 1.29 is 4.74 Å². The minimum atomic E-state index is 0.589. The van der Waals surface area contributed by atoms with Gasteiger partial charge in [0.25, 0.3) is 0 Å². The molecular weight excluding hydrogens is 224 g/mol. The van der Waals surface area contributed by atoms with Gasteiger partial charge in [-0.05, 0) is 74.0 Å². The van der Waals surface area contributed by atoms with Crippen LogP contribution in [0.5, 0.6) is 0 Å². The van der Waals surface area contributed by atoms with E-state index < -0.39 is 0 Å². The highest BCUT2D eigenvalue weighted by Gasteiger charge is 2.66. The van der Waals surface area contributed by atoms with Crippen molar-refractivity contribution in [2.75, 3.05) is 13.2 Å². The molecule has 2 bridgehead atoms. The Bertz CT molecular complexity index is 300. The molecule has 5 atom stereocenters. The van der Waals surface area contributed by atoms with Crippen molar-refractivity contribution in [1.82, 2.24) is 5.43 Å². The van der Waals surface area contributed by atoms with Crippen LogP contribution >= 0.6 is 0 Å². The van der Waals surface area contributed by atoms with Gasteiger partial charge in [0, 0.05) is 19.3 Å². The van der Waals surface area contributed by atoms with E-state index in [-0.39, 0.29) is 0 Å². The molecule has 0 aromatic rings. The molecule has 0 aromatic heterocycles. The summed E-state index contributed by atoms with van der Waals surface area (Å²) in [5.74, 6) is 11.9. The second kappa shape index (κ2) is 4.46. The van der Waals surface area contributed by atoms with Gasteiger partial charge in [-0.15, -0.1) is 0 Å².